The van der Waals surface area contributed by atoms with Gasteiger partial charge < -0.3 is 15.5 Å². The topological polar surface area (TPSA) is 32.5 Å². The molecule has 2 aliphatic carbocycles. The zero-order valence-corrected chi connectivity index (χ0v) is 11.7. The number of nitrogens with two attached hydrogens (primary N) is 1. The maximum absolute atomic E-state index is 5.98. The van der Waals surface area contributed by atoms with Crippen LogP contribution >= 0.6 is 0 Å². The summed E-state index contributed by atoms with van der Waals surface area (Å²) in [5.74, 6) is 1.98. The molecule has 2 saturated carbocycles. The Morgan fingerprint density at radius 3 is 1.44 bits per heavy atom. The van der Waals surface area contributed by atoms with E-state index in [-0.39, 0.29) is 0 Å². The van der Waals surface area contributed by atoms with Crippen LogP contribution < -0.4 is 5.73 Å². The van der Waals surface area contributed by atoms with Crippen LogP contribution in [0.1, 0.15) is 38.5 Å². The summed E-state index contributed by atoms with van der Waals surface area (Å²) in [4.78, 5) is 5.38. The molecule has 0 unspecified atom stereocenters. The van der Waals surface area contributed by atoms with Crippen LogP contribution in [0.5, 0.6) is 0 Å². The molecular formula is C15H29N3. The lowest BCUT2D eigenvalue weighted by atomic mass is 9.86. The van der Waals surface area contributed by atoms with Gasteiger partial charge >= 0.3 is 0 Å². The minimum absolute atomic E-state index is 0.497. The first-order valence-electron chi connectivity index (χ1n) is 8.00. The molecule has 0 amide bonds. The summed E-state index contributed by atoms with van der Waals surface area (Å²) in [5.41, 5.74) is 5.98. The first kappa shape index (κ1) is 12.9. The molecule has 2 N–H and O–H groups in total. The van der Waals surface area contributed by atoms with Crippen molar-refractivity contribution in [2.24, 2.45) is 17.6 Å². The molecule has 1 saturated heterocycles. The van der Waals surface area contributed by atoms with Gasteiger partial charge in [-0.3, -0.25) is 0 Å². The minimum atomic E-state index is 0.497. The van der Waals surface area contributed by atoms with E-state index in [0.29, 0.717) is 6.04 Å². The van der Waals surface area contributed by atoms with Gasteiger partial charge in [-0.25, -0.2) is 0 Å². The molecule has 3 fully saturated rings. The molecule has 0 radical (unpaired) electrons. The summed E-state index contributed by atoms with van der Waals surface area (Å²) < 4.78 is 0. The lowest BCUT2D eigenvalue weighted by molar-refractivity contribution is 0.105. The van der Waals surface area contributed by atoms with Gasteiger partial charge in [0.1, 0.15) is 0 Å². The number of hydrogen-bond acceptors (Lipinski definition) is 3. The molecule has 18 heavy (non-hydrogen) atoms. The molecule has 0 aromatic carbocycles. The van der Waals surface area contributed by atoms with E-state index in [1.54, 1.807) is 0 Å². The van der Waals surface area contributed by atoms with Crippen molar-refractivity contribution in [2.75, 3.05) is 39.3 Å². The Kier molecular flexibility index (Phi) is 4.22. The third kappa shape index (κ3) is 3.69. The number of piperazine rings is 1. The van der Waals surface area contributed by atoms with Crippen LogP contribution in [0.2, 0.25) is 0 Å². The fourth-order valence-corrected chi connectivity index (χ4v) is 3.56. The molecule has 1 heterocycles. The van der Waals surface area contributed by atoms with E-state index in [4.69, 9.17) is 5.73 Å². The fourth-order valence-electron chi connectivity index (χ4n) is 3.56. The summed E-state index contributed by atoms with van der Waals surface area (Å²) in [6.45, 7) is 7.94. The van der Waals surface area contributed by atoms with Crippen LogP contribution in [0, 0.1) is 11.8 Å². The first-order chi connectivity index (χ1) is 8.79. The average molecular weight is 251 g/mol. The van der Waals surface area contributed by atoms with Gasteiger partial charge in [-0.2, -0.15) is 0 Å². The molecule has 3 heteroatoms. The highest BCUT2D eigenvalue weighted by atomic mass is 15.3. The largest absolute Gasteiger partial charge is 0.328 e. The Morgan fingerprint density at radius 1 is 0.667 bits per heavy atom. The number of nitrogens with zero attached hydrogens (tertiary/aromatic N) is 2. The fraction of sp³-hybridized carbons (Fsp3) is 1.00. The maximum Gasteiger partial charge on any atom is 0.0110 e. The van der Waals surface area contributed by atoms with E-state index in [2.05, 4.69) is 9.80 Å². The molecule has 1 aliphatic heterocycles. The van der Waals surface area contributed by atoms with Gasteiger partial charge in [-0.1, -0.05) is 0 Å². The van der Waals surface area contributed by atoms with Gasteiger partial charge in [0.05, 0.1) is 0 Å². The van der Waals surface area contributed by atoms with Crippen molar-refractivity contribution in [3.8, 4) is 0 Å². The Balaban J connectivity index is 1.34. The molecule has 0 spiro atoms. The second-order valence-electron chi connectivity index (χ2n) is 6.83. The van der Waals surface area contributed by atoms with Crippen LogP contribution in [-0.4, -0.2) is 55.1 Å². The van der Waals surface area contributed by atoms with E-state index in [1.807, 2.05) is 0 Å². The molecule has 0 aromatic rings. The predicted molar refractivity (Wildman–Crippen MR) is 75.5 cm³/mol. The summed E-state index contributed by atoms with van der Waals surface area (Å²) in [6, 6.07) is 0.497. The molecular weight excluding hydrogens is 222 g/mol. The second-order valence-corrected chi connectivity index (χ2v) is 6.83. The van der Waals surface area contributed by atoms with E-state index >= 15 is 0 Å². The second kappa shape index (κ2) is 5.89. The minimum Gasteiger partial charge on any atom is -0.328 e. The molecule has 104 valence electrons. The standard InChI is InChI=1S/C15H29N3/c16-15-5-3-14(4-6-15)12-18-9-7-17(8-10-18)11-13-1-2-13/h13-15H,1-12,16H2. The smallest absolute Gasteiger partial charge is 0.0110 e. The van der Waals surface area contributed by atoms with Crippen molar-refractivity contribution in [3.05, 3.63) is 0 Å². The van der Waals surface area contributed by atoms with E-state index in [1.165, 1.54) is 77.8 Å². The van der Waals surface area contributed by atoms with Gasteiger partial charge in [0, 0.05) is 45.3 Å². The zero-order chi connectivity index (χ0) is 12.4. The highest BCUT2D eigenvalue weighted by Gasteiger charge is 2.27. The molecule has 3 rings (SSSR count). The van der Waals surface area contributed by atoms with Crippen LogP contribution in [0.3, 0.4) is 0 Å². The summed E-state index contributed by atoms with van der Waals surface area (Å²) in [6.07, 6.45) is 8.22. The lowest BCUT2D eigenvalue weighted by Gasteiger charge is -2.37. The van der Waals surface area contributed by atoms with Crippen LogP contribution in [0.15, 0.2) is 0 Å². The lowest BCUT2D eigenvalue weighted by Crippen LogP contribution is -2.48. The summed E-state index contributed by atoms with van der Waals surface area (Å²) >= 11 is 0. The Hall–Kier alpha value is -0.120. The van der Waals surface area contributed by atoms with Gasteiger partial charge in [0.25, 0.3) is 0 Å². The maximum atomic E-state index is 5.98. The highest BCUT2D eigenvalue weighted by molar-refractivity contribution is 4.82. The zero-order valence-electron chi connectivity index (χ0n) is 11.7. The normalized spacial score (nSPS) is 35.8. The van der Waals surface area contributed by atoms with Crippen molar-refractivity contribution in [1.82, 2.24) is 9.80 Å². The van der Waals surface area contributed by atoms with Crippen molar-refractivity contribution >= 4 is 0 Å². The van der Waals surface area contributed by atoms with Crippen LogP contribution in [-0.2, 0) is 0 Å². The predicted octanol–water partition coefficient (Wildman–Crippen LogP) is 1.53. The van der Waals surface area contributed by atoms with E-state index in [0.717, 1.165) is 11.8 Å². The van der Waals surface area contributed by atoms with Gasteiger partial charge in [0.2, 0.25) is 0 Å². The monoisotopic (exact) mass is 251 g/mol. The Bertz CT molecular complexity index is 248. The van der Waals surface area contributed by atoms with Crippen molar-refractivity contribution in [3.63, 3.8) is 0 Å². The number of hydrogen-bond donors (Lipinski definition) is 1. The van der Waals surface area contributed by atoms with Gasteiger partial charge in [0.15, 0.2) is 0 Å². The Labute approximate surface area is 112 Å². The van der Waals surface area contributed by atoms with Crippen molar-refractivity contribution < 1.29 is 0 Å². The van der Waals surface area contributed by atoms with Crippen molar-refractivity contribution in [2.45, 2.75) is 44.6 Å². The third-order valence-corrected chi connectivity index (χ3v) is 5.09. The summed E-state index contributed by atoms with van der Waals surface area (Å²) in [5, 5.41) is 0. The molecule has 3 aliphatic rings. The van der Waals surface area contributed by atoms with E-state index in [9.17, 15) is 0 Å². The van der Waals surface area contributed by atoms with Gasteiger partial charge in [-0.15, -0.1) is 0 Å². The SMILES string of the molecule is NC1CCC(CN2CCN(CC3CC3)CC2)CC1. The molecule has 0 aromatic heterocycles. The van der Waals surface area contributed by atoms with Crippen LogP contribution in [0.4, 0.5) is 0 Å². The van der Waals surface area contributed by atoms with Gasteiger partial charge in [-0.05, 0) is 50.4 Å². The molecule has 0 bridgehead atoms. The average Bonchev–Trinajstić information content (AvgIpc) is 3.19. The van der Waals surface area contributed by atoms with Crippen LogP contribution in [0.25, 0.3) is 0 Å². The van der Waals surface area contributed by atoms with Crippen molar-refractivity contribution in [1.29, 1.82) is 0 Å². The Morgan fingerprint density at radius 2 is 1.06 bits per heavy atom. The molecule has 0 atom stereocenters. The highest BCUT2D eigenvalue weighted by Crippen LogP contribution is 2.30. The quantitative estimate of drug-likeness (QED) is 0.822. The summed E-state index contributed by atoms with van der Waals surface area (Å²) in [7, 11) is 0. The molecule has 3 nitrogen and oxygen atoms in total. The van der Waals surface area contributed by atoms with E-state index < -0.39 is 0 Å². The first-order valence-corrected chi connectivity index (χ1v) is 8.00. The number of rotatable bonds is 4. The third-order valence-electron chi connectivity index (χ3n) is 5.09.